The zero-order valence-electron chi connectivity index (χ0n) is 19.7. The zero-order chi connectivity index (χ0) is 24.6. The SMILES string of the molecule is COc1ccc(CCCNC(=O)CN(c2ccccc2)S(=O)(=O)c2ccc(OC)c(C)c2)cc1. The van der Waals surface area contributed by atoms with Gasteiger partial charge in [-0.15, -0.1) is 0 Å². The van der Waals surface area contributed by atoms with E-state index in [9.17, 15) is 13.2 Å². The quantitative estimate of drug-likeness (QED) is 0.418. The Morgan fingerprint density at radius 1 is 0.941 bits per heavy atom. The highest BCUT2D eigenvalue weighted by atomic mass is 32.2. The van der Waals surface area contributed by atoms with E-state index in [-0.39, 0.29) is 17.3 Å². The maximum atomic E-state index is 13.5. The Kier molecular flexibility index (Phi) is 8.54. The van der Waals surface area contributed by atoms with Crippen molar-refractivity contribution in [2.75, 3.05) is 31.6 Å². The second-order valence-corrected chi connectivity index (χ2v) is 9.64. The van der Waals surface area contributed by atoms with Crippen LogP contribution in [0.5, 0.6) is 11.5 Å². The number of sulfonamides is 1. The van der Waals surface area contributed by atoms with Crippen LogP contribution in [0.1, 0.15) is 17.5 Å². The van der Waals surface area contributed by atoms with Crippen LogP contribution in [0.3, 0.4) is 0 Å². The lowest BCUT2D eigenvalue weighted by Crippen LogP contribution is -2.41. The molecule has 0 radical (unpaired) electrons. The molecule has 1 amide bonds. The summed E-state index contributed by atoms with van der Waals surface area (Å²) in [5.41, 5.74) is 2.25. The predicted molar refractivity (Wildman–Crippen MR) is 133 cm³/mol. The Bertz CT molecular complexity index is 1200. The lowest BCUT2D eigenvalue weighted by Gasteiger charge is -2.24. The van der Waals surface area contributed by atoms with Crippen molar-refractivity contribution in [3.05, 3.63) is 83.9 Å². The Morgan fingerprint density at radius 3 is 2.26 bits per heavy atom. The third-order valence-electron chi connectivity index (χ3n) is 5.41. The van der Waals surface area contributed by atoms with E-state index in [1.807, 2.05) is 24.3 Å². The normalized spacial score (nSPS) is 11.0. The number of amides is 1. The van der Waals surface area contributed by atoms with Gasteiger partial charge in [-0.25, -0.2) is 8.42 Å². The fourth-order valence-electron chi connectivity index (χ4n) is 3.55. The molecule has 180 valence electrons. The summed E-state index contributed by atoms with van der Waals surface area (Å²) < 4.78 is 38.5. The number of rotatable bonds is 11. The fourth-order valence-corrected chi connectivity index (χ4v) is 5.05. The summed E-state index contributed by atoms with van der Waals surface area (Å²) in [6.07, 6.45) is 1.52. The molecule has 0 bridgehead atoms. The second-order valence-electron chi connectivity index (χ2n) is 7.78. The number of ether oxygens (including phenoxy) is 2. The van der Waals surface area contributed by atoms with Crippen molar-refractivity contribution >= 4 is 21.6 Å². The first-order valence-corrected chi connectivity index (χ1v) is 12.4. The number of hydrogen-bond donors (Lipinski definition) is 1. The van der Waals surface area contributed by atoms with Gasteiger partial charge >= 0.3 is 0 Å². The minimum absolute atomic E-state index is 0.0990. The molecule has 0 unspecified atom stereocenters. The highest BCUT2D eigenvalue weighted by molar-refractivity contribution is 7.92. The molecular formula is C26H30N2O5S. The molecule has 34 heavy (non-hydrogen) atoms. The summed E-state index contributed by atoms with van der Waals surface area (Å²) in [6, 6.07) is 21.1. The molecule has 1 N–H and O–H groups in total. The van der Waals surface area contributed by atoms with Crippen molar-refractivity contribution in [3.63, 3.8) is 0 Å². The number of methoxy groups -OCH3 is 2. The first-order valence-electron chi connectivity index (χ1n) is 11.0. The molecule has 0 atom stereocenters. The van der Waals surface area contributed by atoms with Gasteiger partial charge < -0.3 is 14.8 Å². The topological polar surface area (TPSA) is 84.9 Å². The van der Waals surface area contributed by atoms with Crippen LogP contribution in [0.15, 0.2) is 77.7 Å². The van der Waals surface area contributed by atoms with Gasteiger partial charge in [-0.1, -0.05) is 30.3 Å². The lowest BCUT2D eigenvalue weighted by atomic mass is 10.1. The number of nitrogens with one attached hydrogen (secondary N) is 1. The van der Waals surface area contributed by atoms with Crippen molar-refractivity contribution < 1.29 is 22.7 Å². The van der Waals surface area contributed by atoms with E-state index >= 15 is 0 Å². The van der Waals surface area contributed by atoms with Gasteiger partial charge in [0.15, 0.2) is 0 Å². The smallest absolute Gasteiger partial charge is 0.264 e. The van der Waals surface area contributed by atoms with Gasteiger partial charge in [0.2, 0.25) is 5.91 Å². The third kappa shape index (κ3) is 6.29. The van der Waals surface area contributed by atoms with Gasteiger partial charge in [0.1, 0.15) is 18.0 Å². The standard InChI is InChI=1S/C26H30N2O5S/c1-20-18-24(15-16-25(20)33-3)34(30,31)28(22-9-5-4-6-10-22)19-26(29)27-17-7-8-21-11-13-23(32-2)14-12-21/h4-6,9-16,18H,7-8,17,19H2,1-3H3,(H,27,29). The number of carbonyl (C=O) groups excluding carboxylic acids is 1. The number of para-hydroxylation sites is 1. The van der Waals surface area contributed by atoms with E-state index in [1.54, 1.807) is 56.5 Å². The molecule has 0 spiro atoms. The highest BCUT2D eigenvalue weighted by Gasteiger charge is 2.27. The Labute approximate surface area is 201 Å². The average molecular weight is 483 g/mol. The van der Waals surface area contributed by atoms with Crippen LogP contribution < -0.4 is 19.1 Å². The number of aryl methyl sites for hydroxylation is 2. The minimum Gasteiger partial charge on any atom is -0.497 e. The maximum absolute atomic E-state index is 13.5. The Morgan fingerprint density at radius 2 is 1.65 bits per heavy atom. The van der Waals surface area contributed by atoms with E-state index < -0.39 is 10.0 Å². The lowest BCUT2D eigenvalue weighted by molar-refractivity contribution is -0.119. The molecule has 3 aromatic rings. The number of benzene rings is 3. The number of nitrogens with zero attached hydrogens (tertiary/aromatic N) is 1. The first-order chi connectivity index (χ1) is 16.3. The van der Waals surface area contributed by atoms with Crippen LogP contribution in [-0.2, 0) is 21.2 Å². The van der Waals surface area contributed by atoms with Gasteiger partial charge in [0.25, 0.3) is 10.0 Å². The average Bonchev–Trinajstić information content (AvgIpc) is 2.86. The summed E-state index contributed by atoms with van der Waals surface area (Å²) in [5, 5.41) is 2.84. The van der Waals surface area contributed by atoms with Crippen LogP contribution in [0, 0.1) is 6.92 Å². The van der Waals surface area contributed by atoms with Crippen LogP contribution in [0.25, 0.3) is 0 Å². The van der Waals surface area contributed by atoms with Crippen molar-refractivity contribution in [1.29, 1.82) is 0 Å². The van der Waals surface area contributed by atoms with Gasteiger partial charge in [-0.05, 0) is 73.4 Å². The largest absolute Gasteiger partial charge is 0.497 e. The van der Waals surface area contributed by atoms with Crippen LogP contribution >= 0.6 is 0 Å². The summed E-state index contributed by atoms with van der Waals surface area (Å²) in [4.78, 5) is 12.8. The molecule has 0 heterocycles. The van der Waals surface area contributed by atoms with E-state index in [2.05, 4.69) is 5.32 Å². The fraction of sp³-hybridized carbons (Fsp3) is 0.269. The third-order valence-corrected chi connectivity index (χ3v) is 7.18. The molecule has 3 aromatic carbocycles. The summed E-state index contributed by atoms with van der Waals surface area (Å²) >= 11 is 0. The molecule has 0 aliphatic carbocycles. The molecule has 0 saturated heterocycles. The van der Waals surface area contributed by atoms with Gasteiger partial charge in [0.05, 0.1) is 24.8 Å². The molecule has 0 aromatic heterocycles. The Hall–Kier alpha value is -3.52. The highest BCUT2D eigenvalue weighted by Crippen LogP contribution is 2.27. The van der Waals surface area contributed by atoms with Gasteiger partial charge in [0, 0.05) is 6.54 Å². The maximum Gasteiger partial charge on any atom is 0.264 e. The molecule has 0 fully saturated rings. The van der Waals surface area contributed by atoms with E-state index in [0.717, 1.165) is 28.5 Å². The monoisotopic (exact) mass is 482 g/mol. The van der Waals surface area contributed by atoms with E-state index in [4.69, 9.17) is 9.47 Å². The van der Waals surface area contributed by atoms with Crippen LogP contribution in [0.2, 0.25) is 0 Å². The van der Waals surface area contributed by atoms with Crippen molar-refractivity contribution in [2.24, 2.45) is 0 Å². The zero-order valence-corrected chi connectivity index (χ0v) is 20.5. The Balaban J connectivity index is 1.68. The van der Waals surface area contributed by atoms with Crippen molar-refractivity contribution in [3.8, 4) is 11.5 Å². The van der Waals surface area contributed by atoms with Gasteiger partial charge in [-0.3, -0.25) is 9.10 Å². The summed E-state index contributed by atoms with van der Waals surface area (Å²) in [6.45, 7) is 1.90. The molecule has 8 heteroatoms. The first kappa shape index (κ1) is 25.1. The number of carbonyl (C=O) groups is 1. The minimum atomic E-state index is -3.97. The van der Waals surface area contributed by atoms with Crippen molar-refractivity contribution in [2.45, 2.75) is 24.7 Å². The van der Waals surface area contributed by atoms with Gasteiger partial charge in [-0.2, -0.15) is 0 Å². The van der Waals surface area contributed by atoms with E-state index in [0.29, 0.717) is 23.5 Å². The number of anilines is 1. The van der Waals surface area contributed by atoms with Crippen molar-refractivity contribution in [1.82, 2.24) is 5.32 Å². The molecule has 0 aliphatic heterocycles. The molecular weight excluding hydrogens is 452 g/mol. The van der Waals surface area contributed by atoms with Crippen LogP contribution in [0.4, 0.5) is 5.69 Å². The second kappa shape index (κ2) is 11.6. The molecule has 0 saturated carbocycles. The predicted octanol–water partition coefficient (Wildman–Crippen LogP) is 3.96. The summed E-state index contributed by atoms with van der Waals surface area (Å²) in [5.74, 6) is 1.03. The molecule has 7 nitrogen and oxygen atoms in total. The van der Waals surface area contributed by atoms with E-state index in [1.165, 1.54) is 13.2 Å². The summed E-state index contributed by atoms with van der Waals surface area (Å²) in [7, 11) is -0.814. The van der Waals surface area contributed by atoms with Crippen LogP contribution in [-0.4, -0.2) is 41.6 Å². The molecule has 3 rings (SSSR count). The molecule has 0 aliphatic rings. The number of hydrogen-bond acceptors (Lipinski definition) is 5.